The van der Waals surface area contributed by atoms with E-state index in [1.807, 2.05) is 6.07 Å². The molecule has 86 valence electrons. The molecule has 1 aromatic carbocycles. The third-order valence-electron chi connectivity index (χ3n) is 2.25. The number of carboxylic acids is 1. The Morgan fingerprint density at radius 1 is 1.24 bits per heavy atom. The number of aromatic carboxylic acids is 1. The van der Waals surface area contributed by atoms with Crippen LogP contribution in [0.4, 0.5) is 0 Å². The van der Waals surface area contributed by atoms with Crippen molar-refractivity contribution in [2.24, 2.45) is 0 Å². The summed E-state index contributed by atoms with van der Waals surface area (Å²) in [5.74, 6) is -1.11. The van der Waals surface area contributed by atoms with Gasteiger partial charge < -0.3 is 5.11 Å². The highest BCUT2D eigenvalue weighted by Gasteiger charge is 2.12. The molecule has 0 spiro atoms. The van der Waals surface area contributed by atoms with Gasteiger partial charge in [0.15, 0.2) is 0 Å². The number of hydrogen-bond acceptors (Lipinski definition) is 2. The summed E-state index contributed by atoms with van der Waals surface area (Å²) >= 11 is 11.7. The van der Waals surface area contributed by atoms with E-state index in [0.717, 1.165) is 5.56 Å². The van der Waals surface area contributed by atoms with E-state index >= 15 is 0 Å². The first-order valence-electron chi connectivity index (χ1n) is 4.73. The standard InChI is InChI=1S/C12H7Cl2NO2/c13-10-4-2-1-3-8(10)7-5-9(12(16)17)11(14)15-6-7/h1-6H,(H,16,17). The third kappa shape index (κ3) is 2.40. The smallest absolute Gasteiger partial charge is 0.338 e. The van der Waals surface area contributed by atoms with Crippen molar-refractivity contribution in [2.45, 2.75) is 0 Å². The minimum Gasteiger partial charge on any atom is -0.478 e. The number of benzene rings is 1. The molecule has 1 heterocycles. The Kier molecular flexibility index (Phi) is 3.31. The number of aromatic nitrogens is 1. The van der Waals surface area contributed by atoms with Gasteiger partial charge in [-0.25, -0.2) is 9.78 Å². The van der Waals surface area contributed by atoms with Crippen molar-refractivity contribution >= 4 is 29.2 Å². The second-order valence-electron chi connectivity index (χ2n) is 3.35. The summed E-state index contributed by atoms with van der Waals surface area (Å²) in [5.41, 5.74) is 1.31. The molecule has 0 bridgehead atoms. The average Bonchev–Trinajstić information content (AvgIpc) is 2.30. The molecule has 0 amide bonds. The van der Waals surface area contributed by atoms with E-state index in [9.17, 15) is 4.79 Å². The SMILES string of the molecule is O=C(O)c1cc(-c2ccccc2Cl)cnc1Cl. The number of rotatable bonds is 2. The van der Waals surface area contributed by atoms with Crippen molar-refractivity contribution in [3.63, 3.8) is 0 Å². The lowest BCUT2D eigenvalue weighted by atomic mass is 10.1. The summed E-state index contributed by atoms with van der Waals surface area (Å²) in [7, 11) is 0. The highest BCUT2D eigenvalue weighted by atomic mass is 35.5. The van der Waals surface area contributed by atoms with Crippen molar-refractivity contribution in [3.05, 3.63) is 52.3 Å². The maximum atomic E-state index is 10.9. The molecule has 0 fully saturated rings. The summed E-state index contributed by atoms with van der Waals surface area (Å²) in [5, 5.41) is 9.45. The van der Waals surface area contributed by atoms with Crippen molar-refractivity contribution in [2.75, 3.05) is 0 Å². The fourth-order valence-corrected chi connectivity index (χ4v) is 1.87. The Morgan fingerprint density at radius 3 is 2.59 bits per heavy atom. The van der Waals surface area contributed by atoms with Crippen molar-refractivity contribution in [3.8, 4) is 11.1 Å². The molecule has 2 aromatic rings. The molecule has 0 unspecified atom stereocenters. The zero-order valence-electron chi connectivity index (χ0n) is 8.52. The second kappa shape index (κ2) is 4.73. The monoisotopic (exact) mass is 267 g/mol. The molecule has 17 heavy (non-hydrogen) atoms. The van der Waals surface area contributed by atoms with Gasteiger partial charge in [-0.1, -0.05) is 41.4 Å². The molecular formula is C12H7Cl2NO2. The summed E-state index contributed by atoms with van der Waals surface area (Å²) in [4.78, 5) is 14.8. The first-order valence-corrected chi connectivity index (χ1v) is 5.49. The zero-order valence-corrected chi connectivity index (χ0v) is 10.0. The zero-order chi connectivity index (χ0) is 12.4. The van der Waals surface area contributed by atoms with Gasteiger partial charge in [-0.15, -0.1) is 0 Å². The lowest BCUT2D eigenvalue weighted by molar-refractivity contribution is 0.0696. The first-order chi connectivity index (χ1) is 8.09. The Balaban J connectivity index is 2.58. The number of nitrogens with zero attached hydrogens (tertiary/aromatic N) is 1. The molecule has 0 saturated carbocycles. The molecule has 0 aliphatic rings. The molecule has 5 heteroatoms. The van der Waals surface area contributed by atoms with E-state index in [-0.39, 0.29) is 10.7 Å². The van der Waals surface area contributed by atoms with Gasteiger partial charge in [0.2, 0.25) is 0 Å². The van der Waals surface area contributed by atoms with Crippen LogP contribution in [0.25, 0.3) is 11.1 Å². The van der Waals surface area contributed by atoms with Gasteiger partial charge in [-0.05, 0) is 12.1 Å². The van der Waals surface area contributed by atoms with Crippen LogP contribution in [0.15, 0.2) is 36.5 Å². The number of carbonyl (C=O) groups is 1. The van der Waals surface area contributed by atoms with Crippen LogP contribution >= 0.6 is 23.2 Å². The summed E-state index contributed by atoms with van der Waals surface area (Å²) in [6.45, 7) is 0. The van der Waals surface area contributed by atoms with E-state index in [2.05, 4.69) is 4.98 Å². The highest BCUT2D eigenvalue weighted by molar-refractivity contribution is 6.34. The topological polar surface area (TPSA) is 50.2 Å². The quantitative estimate of drug-likeness (QED) is 0.844. The van der Waals surface area contributed by atoms with Gasteiger partial charge >= 0.3 is 5.97 Å². The summed E-state index contributed by atoms with van der Waals surface area (Å²) in [6, 6.07) is 8.59. The fourth-order valence-electron chi connectivity index (χ4n) is 1.44. The van der Waals surface area contributed by atoms with Gasteiger partial charge in [0.25, 0.3) is 0 Å². The van der Waals surface area contributed by atoms with Crippen LogP contribution in [0.1, 0.15) is 10.4 Å². The van der Waals surface area contributed by atoms with Gasteiger partial charge in [0.05, 0.1) is 5.56 Å². The van der Waals surface area contributed by atoms with Gasteiger partial charge in [0.1, 0.15) is 5.15 Å². The van der Waals surface area contributed by atoms with Crippen molar-refractivity contribution < 1.29 is 9.90 Å². The maximum absolute atomic E-state index is 10.9. The third-order valence-corrected chi connectivity index (χ3v) is 2.89. The van der Waals surface area contributed by atoms with E-state index in [1.54, 1.807) is 18.2 Å². The number of hydrogen-bond donors (Lipinski definition) is 1. The van der Waals surface area contributed by atoms with Crippen LogP contribution in [-0.2, 0) is 0 Å². The fraction of sp³-hybridized carbons (Fsp3) is 0. The van der Waals surface area contributed by atoms with Crippen molar-refractivity contribution in [1.29, 1.82) is 0 Å². The van der Waals surface area contributed by atoms with Gasteiger partial charge in [-0.3, -0.25) is 0 Å². The number of pyridine rings is 1. The van der Waals surface area contributed by atoms with Crippen LogP contribution < -0.4 is 0 Å². The lowest BCUT2D eigenvalue weighted by Gasteiger charge is -2.05. The van der Waals surface area contributed by atoms with E-state index < -0.39 is 5.97 Å². The van der Waals surface area contributed by atoms with E-state index in [4.69, 9.17) is 28.3 Å². The van der Waals surface area contributed by atoms with Gasteiger partial charge in [-0.2, -0.15) is 0 Å². The second-order valence-corrected chi connectivity index (χ2v) is 4.11. The van der Waals surface area contributed by atoms with Crippen LogP contribution in [0.2, 0.25) is 10.2 Å². The number of carboxylic acid groups (broad SMARTS) is 1. The normalized spacial score (nSPS) is 10.2. The molecule has 0 aliphatic heterocycles. The predicted octanol–water partition coefficient (Wildman–Crippen LogP) is 3.75. The Bertz CT molecular complexity index is 584. The van der Waals surface area contributed by atoms with Gasteiger partial charge in [0, 0.05) is 22.3 Å². The molecule has 0 radical (unpaired) electrons. The van der Waals surface area contributed by atoms with Crippen LogP contribution in [0.3, 0.4) is 0 Å². The molecule has 0 atom stereocenters. The Hall–Kier alpha value is -1.58. The summed E-state index contributed by atoms with van der Waals surface area (Å²) < 4.78 is 0. The molecule has 3 nitrogen and oxygen atoms in total. The van der Waals surface area contributed by atoms with E-state index in [1.165, 1.54) is 12.3 Å². The Labute approximate surface area is 108 Å². The minimum absolute atomic E-state index is 0.0340. The number of halogens is 2. The molecule has 2 rings (SSSR count). The van der Waals surface area contributed by atoms with Crippen molar-refractivity contribution in [1.82, 2.24) is 4.98 Å². The predicted molar refractivity (Wildman–Crippen MR) is 66.7 cm³/mol. The molecule has 1 N–H and O–H groups in total. The highest BCUT2D eigenvalue weighted by Crippen LogP contribution is 2.29. The maximum Gasteiger partial charge on any atom is 0.338 e. The van der Waals surface area contributed by atoms with Crippen LogP contribution in [0.5, 0.6) is 0 Å². The molecular weight excluding hydrogens is 261 g/mol. The minimum atomic E-state index is -1.11. The lowest BCUT2D eigenvalue weighted by Crippen LogP contribution is -1.99. The molecule has 0 aliphatic carbocycles. The molecule has 1 aromatic heterocycles. The first kappa shape index (κ1) is 11.9. The summed E-state index contributed by atoms with van der Waals surface area (Å²) in [6.07, 6.45) is 1.50. The van der Waals surface area contributed by atoms with E-state index in [0.29, 0.717) is 10.6 Å². The van der Waals surface area contributed by atoms with Crippen LogP contribution in [0, 0.1) is 0 Å². The average molecular weight is 268 g/mol. The largest absolute Gasteiger partial charge is 0.478 e. The Morgan fingerprint density at radius 2 is 1.94 bits per heavy atom. The van der Waals surface area contributed by atoms with Crippen LogP contribution in [-0.4, -0.2) is 16.1 Å². The molecule has 0 saturated heterocycles.